The van der Waals surface area contributed by atoms with Crippen LogP contribution < -0.4 is 11.1 Å². The van der Waals surface area contributed by atoms with E-state index in [1.165, 1.54) is 11.6 Å². The van der Waals surface area contributed by atoms with Crippen LogP contribution >= 0.6 is 0 Å². The van der Waals surface area contributed by atoms with Gasteiger partial charge < -0.3 is 21.1 Å². The van der Waals surface area contributed by atoms with Gasteiger partial charge in [-0.3, -0.25) is 9.59 Å². The number of anilines is 1. The number of hydrogen-bond acceptors (Lipinski definition) is 3. The summed E-state index contributed by atoms with van der Waals surface area (Å²) >= 11 is 0. The fourth-order valence-corrected chi connectivity index (χ4v) is 5.01. The van der Waals surface area contributed by atoms with Crippen LogP contribution in [0.5, 0.6) is 0 Å². The number of carbonyl (C=O) groups excluding carboxylic acids is 2. The van der Waals surface area contributed by atoms with Crippen molar-refractivity contribution in [3.8, 4) is 11.1 Å². The van der Waals surface area contributed by atoms with Gasteiger partial charge in [-0.2, -0.15) is 0 Å². The van der Waals surface area contributed by atoms with Gasteiger partial charge in [-0.15, -0.1) is 0 Å². The summed E-state index contributed by atoms with van der Waals surface area (Å²) in [6.07, 6.45) is 3.88. The van der Waals surface area contributed by atoms with Crippen molar-refractivity contribution in [2.45, 2.75) is 52.1 Å². The molecule has 1 atom stereocenters. The molecule has 5 N–H and O–H groups in total. The third-order valence-corrected chi connectivity index (χ3v) is 6.86. The summed E-state index contributed by atoms with van der Waals surface area (Å²) in [5, 5.41) is 14.6. The zero-order valence-electron chi connectivity index (χ0n) is 19.4. The van der Waals surface area contributed by atoms with Crippen LogP contribution in [0.15, 0.2) is 43.0 Å². The first-order chi connectivity index (χ1) is 15.6. The molecule has 2 amide bonds. The van der Waals surface area contributed by atoms with E-state index in [0.29, 0.717) is 0 Å². The van der Waals surface area contributed by atoms with Crippen molar-refractivity contribution < 1.29 is 14.7 Å². The molecule has 0 bridgehead atoms. The number of aliphatic hydroxyl groups is 1. The molecule has 1 unspecified atom stereocenters. The highest BCUT2D eigenvalue weighted by atomic mass is 16.3. The molecule has 4 rings (SSSR count). The SMILES string of the molecule is C=CC(=O)Nc1cccc(-c2ccc(CC(N)=O)c3[nH]c4c(c23)CCC(C(C)(C)O)C4)c1C. The van der Waals surface area contributed by atoms with E-state index in [1.54, 1.807) is 0 Å². The second kappa shape index (κ2) is 8.52. The van der Waals surface area contributed by atoms with Crippen molar-refractivity contribution in [2.24, 2.45) is 11.7 Å². The molecule has 0 fully saturated rings. The van der Waals surface area contributed by atoms with Crippen LogP contribution in [0.4, 0.5) is 5.69 Å². The number of amides is 2. The maximum Gasteiger partial charge on any atom is 0.247 e. The lowest BCUT2D eigenvalue weighted by Gasteiger charge is -2.32. The summed E-state index contributed by atoms with van der Waals surface area (Å²) in [7, 11) is 0. The summed E-state index contributed by atoms with van der Waals surface area (Å²) in [5.41, 5.74) is 12.6. The van der Waals surface area contributed by atoms with Gasteiger partial charge in [0.1, 0.15) is 0 Å². The lowest BCUT2D eigenvalue weighted by Crippen LogP contribution is -2.34. The van der Waals surface area contributed by atoms with Crippen LogP contribution in [0.2, 0.25) is 0 Å². The number of hydrogen-bond donors (Lipinski definition) is 4. The number of rotatable bonds is 6. The van der Waals surface area contributed by atoms with E-state index < -0.39 is 5.60 Å². The Morgan fingerprint density at radius 1 is 1.27 bits per heavy atom. The molecule has 1 aliphatic carbocycles. The number of H-pyrrole nitrogens is 1. The number of aromatic amines is 1. The average Bonchev–Trinajstić information content (AvgIpc) is 3.14. The van der Waals surface area contributed by atoms with Crippen LogP contribution in [0, 0.1) is 12.8 Å². The molecule has 6 heteroatoms. The predicted molar refractivity (Wildman–Crippen MR) is 132 cm³/mol. The molecule has 2 aromatic carbocycles. The molecule has 3 aromatic rings. The van der Waals surface area contributed by atoms with Gasteiger partial charge in [0.15, 0.2) is 0 Å². The van der Waals surface area contributed by atoms with E-state index in [9.17, 15) is 14.7 Å². The number of nitrogens with one attached hydrogen (secondary N) is 2. The molecular formula is C27H31N3O3. The maximum absolute atomic E-state index is 11.9. The number of nitrogens with two attached hydrogens (primary N) is 1. The number of carbonyl (C=O) groups is 2. The largest absolute Gasteiger partial charge is 0.390 e. The van der Waals surface area contributed by atoms with E-state index in [-0.39, 0.29) is 24.2 Å². The highest BCUT2D eigenvalue weighted by Crippen LogP contribution is 2.42. The van der Waals surface area contributed by atoms with Gasteiger partial charge in [-0.05, 0) is 85.9 Å². The third-order valence-electron chi connectivity index (χ3n) is 6.86. The van der Waals surface area contributed by atoms with Crippen LogP contribution in [0.25, 0.3) is 22.0 Å². The molecule has 6 nitrogen and oxygen atoms in total. The molecule has 0 saturated heterocycles. The fraction of sp³-hybridized carbons (Fsp3) is 0.333. The Balaban J connectivity index is 1.92. The molecule has 1 aromatic heterocycles. The van der Waals surface area contributed by atoms with Gasteiger partial charge in [0.2, 0.25) is 11.8 Å². The molecule has 1 aliphatic rings. The normalized spacial score (nSPS) is 15.8. The first-order valence-electron chi connectivity index (χ1n) is 11.3. The van der Waals surface area contributed by atoms with Crippen molar-refractivity contribution in [3.63, 3.8) is 0 Å². The van der Waals surface area contributed by atoms with Gasteiger partial charge in [-0.25, -0.2) is 0 Å². The first kappa shape index (κ1) is 22.8. The molecule has 0 saturated carbocycles. The van der Waals surface area contributed by atoms with Gasteiger partial charge in [-0.1, -0.05) is 30.8 Å². The lowest BCUT2D eigenvalue weighted by atomic mass is 9.77. The van der Waals surface area contributed by atoms with E-state index in [0.717, 1.165) is 63.8 Å². The third kappa shape index (κ3) is 4.31. The number of primary amides is 1. The minimum atomic E-state index is -0.762. The predicted octanol–water partition coefficient (Wildman–Crippen LogP) is 4.17. The minimum absolute atomic E-state index is 0.152. The average molecular weight is 446 g/mol. The Morgan fingerprint density at radius 2 is 2.03 bits per heavy atom. The Kier molecular flexibility index (Phi) is 5.89. The summed E-state index contributed by atoms with van der Waals surface area (Å²) in [6.45, 7) is 9.25. The number of aryl methyl sites for hydroxylation is 1. The molecule has 172 valence electrons. The number of aromatic nitrogens is 1. The topological polar surface area (TPSA) is 108 Å². The van der Waals surface area contributed by atoms with Crippen molar-refractivity contribution in [3.05, 3.63) is 65.4 Å². The Hall–Kier alpha value is -3.38. The fourth-order valence-electron chi connectivity index (χ4n) is 5.01. The minimum Gasteiger partial charge on any atom is -0.390 e. The monoisotopic (exact) mass is 445 g/mol. The first-order valence-corrected chi connectivity index (χ1v) is 11.3. The van der Waals surface area contributed by atoms with E-state index in [4.69, 9.17) is 5.73 Å². The smallest absolute Gasteiger partial charge is 0.247 e. The second-order valence-corrected chi connectivity index (χ2v) is 9.51. The molecule has 0 aliphatic heterocycles. The standard InChI is InChI=1S/C27H31N3O3/c1-5-24(32)29-21-8-6-7-18(15(21)2)19-11-9-16(13-23(28)31)26-25(19)20-12-10-17(27(3,4)33)14-22(20)30-26/h5-9,11,17,30,33H,1,10,12-14H2,2-4H3,(H2,28,31)(H,29,32). The Bertz CT molecular complexity index is 1260. The Morgan fingerprint density at radius 3 is 2.70 bits per heavy atom. The van der Waals surface area contributed by atoms with E-state index in [1.807, 2.05) is 51.1 Å². The van der Waals surface area contributed by atoms with Gasteiger partial charge in [0.05, 0.1) is 17.5 Å². The van der Waals surface area contributed by atoms with Crippen molar-refractivity contribution >= 4 is 28.4 Å². The van der Waals surface area contributed by atoms with Crippen LogP contribution in [0.3, 0.4) is 0 Å². The van der Waals surface area contributed by atoms with Gasteiger partial charge >= 0.3 is 0 Å². The van der Waals surface area contributed by atoms with Crippen LogP contribution in [0.1, 0.15) is 42.7 Å². The van der Waals surface area contributed by atoms with Crippen LogP contribution in [-0.2, 0) is 28.9 Å². The molecule has 0 radical (unpaired) electrons. The highest BCUT2D eigenvalue weighted by Gasteiger charge is 2.33. The van der Waals surface area contributed by atoms with Crippen molar-refractivity contribution in [2.75, 3.05) is 5.32 Å². The summed E-state index contributed by atoms with van der Waals surface area (Å²) in [4.78, 5) is 27.2. The summed E-state index contributed by atoms with van der Waals surface area (Å²) < 4.78 is 0. The quantitative estimate of drug-likeness (QED) is 0.428. The van der Waals surface area contributed by atoms with Crippen molar-refractivity contribution in [1.82, 2.24) is 4.98 Å². The second-order valence-electron chi connectivity index (χ2n) is 9.51. The molecule has 33 heavy (non-hydrogen) atoms. The summed E-state index contributed by atoms with van der Waals surface area (Å²) in [6, 6.07) is 9.83. The molecular weight excluding hydrogens is 414 g/mol. The van der Waals surface area contributed by atoms with Gasteiger partial charge in [0, 0.05) is 16.8 Å². The highest BCUT2D eigenvalue weighted by molar-refractivity contribution is 6.04. The van der Waals surface area contributed by atoms with E-state index in [2.05, 4.69) is 16.9 Å². The summed E-state index contributed by atoms with van der Waals surface area (Å²) in [5.74, 6) is -0.481. The number of fused-ring (bicyclic) bond motifs is 3. The molecule has 0 spiro atoms. The van der Waals surface area contributed by atoms with Gasteiger partial charge in [0.25, 0.3) is 0 Å². The zero-order chi connectivity index (χ0) is 23.9. The van der Waals surface area contributed by atoms with Crippen LogP contribution in [-0.4, -0.2) is 27.5 Å². The zero-order valence-corrected chi connectivity index (χ0v) is 19.4. The van der Waals surface area contributed by atoms with E-state index >= 15 is 0 Å². The van der Waals surface area contributed by atoms with Crippen molar-refractivity contribution in [1.29, 1.82) is 0 Å². The molecule has 1 heterocycles. The Labute approximate surface area is 193 Å². The number of benzene rings is 2. The lowest BCUT2D eigenvalue weighted by molar-refractivity contribution is -0.117. The maximum atomic E-state index is 11.9.